The van der Waals surface area contributed by atoms with E-state index in [1.807, 2.05) is 0 Å². The first-order chi connectivity index (χ1) is 6.96. The van der Waals surface area contributed by atoms with Gasteiger partial charge in [-0.05, 0) is 45.7 Å². The van der Waals surface area contributed by atoms with Crippen molar-refractivity contribution in [2.45, 2.75) is 59.0 Å². The summed E-state index contributed by atoms with van der Waals surface area (Å²) in [5.41, 5.74) is 0.256. The van der Waals surface area contributed by atoms with Crippen LogP contribution in [0.4, 0.5) is 0 Å². The summed E-state index contributed by atoms with van der Waals surface area (Å²) in [6.45, 7) is 15.0. The molecule has 0 bridgehead atoms. The third-order valence-electron chi connectivity index (χ3n) is 3.44. The summed E-state index contributed by atoms with van der Waals surface area (Å²) in [6, 6.07) is 0.808. The lowest BCUT2D eigenvalue weighted by molar-refractivity contribution is 0.158. The van der Waals surface area contributed by atoms with Crippen LogP contribution in [-0.4, -0.2) is 36.1 Å². The van der Waals surface area contributed by atoms with Crippen LogP contribution in [0.15, 0.2) is 0 Å². The molecule has 1 rings (SSSR count). The van der Waals surface area contributed by atoms with Crippen LogP contribution in [0.2, 0.25) is 0 Å². The molecular formula is C13H28N2. The second-order valence-electron chi connectivity index (χ2n) is 5.84. The second-order valence-corrected chi connectivity index (χ2v) is 5.84. The van der Waals surface area contributed by atoms with E-state index in [1.165, 1.54) is 25.9 Å². The molecule has 15 heavy (non-hydrogen) atoms. The molecule has 0 radical (unpaired) electrons. The van der Waals surface area contributed by atoms with E-state index in [9.17, 15) is 0 Å². The highest BCUT2D eigenvalue weighted by Crippen LogP contribution is 2.25. The maximum atomic E-state index is 3.57. The smallest absolute Gasteiger partial charge is 0.0252 e. The van der Waals surface area contributed by atoms with E-state index in [4.69, 9.17) is 0 Å². The number of hydrogen-bond donors (Lipinski definition) is 1. The monoisotopic (exact) mass is 212 g/mol. The minimum atomic E-state index is 0.256. The molecule has 1 aliphatic heterocycles. The van der Waals surface area contributed by atoms with Gasteiger partial charge in [-0.25, -0.2) is 0 Å². The van der Waals surface area contributed by atoms with Gasteiger partial charge in [0.25, 0.3) is 0 Å². The van der Waals surface area contributed by atoms with Crippen LogP contribution >= 0.6 is 0 Å². The van der Waals surface area contributed by atoms with Crippen LogP contribution in [0.1, 0.15) is 47.5 Å². The lowest BCUT2D eigenvalue weighted by Gasteiger charge is -2.35. The average Bonchev–Trinajstić information content (AvgIpc) is 2.50. The molecular weight excluding hydrogens is 184 g/mol. The van der Waals surface area contributed by atoms with E-state index >= 15 is 0 Å². The molecule has 1 aliphatic rings. The van der Waals surface area contributed by atoms with Gasteiger partial charge in [-0.3, -0.25) is 4.90 Å². The van der Waals surface area contributed by atoms with Crippen molar-refractivity contribution in [2.24, 2.45) is 5.92 Å². The quantitative estimate of drug-likeness (QED) is 0.753. The van der Waals surface area contributed by atoms with Crippen LogP contribution in [0.25, 0.3) is 0 Å². The Morgan fingerprint density at radius 2 is 2.07 bits per heavy atom. The molecule has 0 aromatic carbocycles. The van der Waals surface area contributed by atoms with Gasteiger partial charge in [-0.15, -0.1) is 0 Å². The molecule has 0 aromatic rings. The topological polar surface area (TPSA) is 15.3 Å². The third kappa shape index (κ3) is 3.76. The van der Waals surface area contributed by atoms with Crippen molar-refractivity contribution < 1.29 is 0 Å². The van der Waals surface area contributed by atoms with Crippen molar-refractivity contribution in [1.29, 1.82) is 0 Å². The zero-order valence-electron chi connectivity index (χ0n) is 11.1. The molecule has 2 heteroatoms. The minimum absolute atomic E-state index is 0.256. The summed E-state index contributed by atoms with van der Waals surface area (Å²) in [7, 11) is 0. The normalized spacial score (nSPS) is 24.0. The van der Waals surface area contributed by atoms with Gasteiger partial charge in [0.15, 0.2) is 0 Å². The van der Waals surface area contributed by atoms with Gasteiger partial charge < -0.3 is 5.32 Å². The molecule has 1 N–H and O–H groups in total. The SMILES string of the molecule is CCNC(C)(C)CN1CCCC1C(C)C. The van der Waals surface area contributed by atoms with Crippen LogP contribution in [0, 0.1) is 5.92 Å². The number of nitrogens with zero attached hydrogens (tertiary/aromatic N) is 1. The molecule has 0 aromatic heterocycles. The largest absolute Gasteiger partial charge is 0.311 e. The summed E-state index contributed by atoms with van der Waals surface area (Å²) in [5, 5.41) is 3.57. The number of rotatable bonds is 5. The Morgan fingerprint density at radius 3 is 2.60 bits per heavy atom. The van der Waals surface area contributed by atoms with E-state index in [-0.39, 0.29) is 5.54 Å². The maximum Gasteiger partial charge on any atom is 0.0252 e. The van der Waals surface area contributed by atoms with Crippen LogP contribution in [0.5, 0.6) is 0 Å². The highest BCUT2D eigenvalue weighted by Gasteiger charge is 2.30. The first kappa shape index (κ1) is 13.0. The molecule has 90 valence electrons. The van der Waals surface area contributed by atoms with Gasteiger partial charge in [0, 0.05) is 18.1 Å². The van der Waals surface area contributed by atoms with Crippen molar-refractivity contribution >= 4 is 0 Å². The van der Waals surface area contributed by atoms with E-state index < -0.39 is 0 Å². The Hall–Kier alpha value is -0.0800. The summed E-state index contributed by atoms with van der Waals surface area (Å²) >= 11 is 0. The summed E-state index contributed by atoms with van der Waals surface area (Å²) in [6.07, 6.45) is 2.77. The van der Waals surface area contributed by atoms with Gasteiger partial charge >= 0.3 is 0 Å². The van der Waals surface area contributed by atoms with E-state index in [0.29, 0.717) is 0 Å². The fraction of sp³-hybridized carbons (Fsp3) is 1.00. The molecule has 1 saturated heterocycles. The van der Waals surface area contributed by atoms with Gasteiger partial charge in [-0.1, -0.05) is 20.8 Å². The zero-order chi connectivity index (χ0) is 11.5. The van der Waals surface area contributed by atoms with Gasteiger partial charge in [0.05, 0.1) is 0 Å². The second kappa shape index (κ2) is 5.31. The fourth-order valence-electron chi connectivity index (χ4n) is 2.85. The first-order valence-electron chi connectivity index (χ1n) is 6.45. The molecule has 1 atom stereocenters. The van der Waals surface area contributed by atoms with Gasteiger partial charge in [-0.2, -0.15) is 0 Å². The standard InChI is InChI=1S/C13H28N2/c1-6-14-13(4,5)10-15-9-7-8-12(15)11(2)3/h11-12,14H,6-10H2,1-5H3. The number of likely N-dealkylation sites (N-methyl/N-ethyl adjacent to an activating group) is 1. The number of hydrogen-bond acceptors (Lipinski definition) is 2. The van der Waals surface area contributed by atoms with Crippen molar-refractivity contribution in [3.63, 3.8) is 0 Å². The third-order valence-corrected chi connectivity index (χ3v) is 3.44. The number of nitrogens with one attached hydrogen (secondary N) is 1. The van der Waals surface area contributed by atoms with Crippen LogP contribution in [-0.2, 0) is 0 Å². The molecule has 0 spiro atoms. The van der Waals surface area contributed by atoms with Crippen molar-refractivity contribution in [2.75, 3.05) is 19.6 Å². The van der Waals surface area contributed by atoms with Crippen molar-refractivity contribution in [1.82, 2.24) is 10.2 Å². The highest BCUT2D eigenvalue weighted by atomic mass is 15.2. The van der Waals surface area contributed by atoms with Crippen LogP contribution < -0.4 is 5.32 Å². The molecule has 1 unspecified atom stereocenters. The summed E-state index contributed by atoms with van der Waals surface area (Å²) in [5.74, 6) is 0.796. The molecule has 2 nitrogen and oxygen atoms in total. The lowest BCUT2D eigenvalue weighted by Crippen LogP contribution is -2.51. The van der Waals surface area contributed by atoms with E-state index in [0.717, 1.165) is 18.5 Å². The Morgan fingerprint density at radius 1 is 1.40 bits per heavy atom. The summed E-state index contributed by atoms with van der Waals surface area (Å²) in [4.78, 5) is 2.67. The Bertz CT molecular complexity index is 187. The van der Waals surface area contributed by atoms with Gasteiger partial charge in [0.2, 0.25) is 0 Å². The van der Waals surface area contributed by atoms with Crippen molar-refractivity contribution in [3.8, 4) is 0 Å². The Kier molecular flexibility index (Phi) is 4.60. The van der Waals surface area contributed by atoms with Gasteiger partial charge in [0.1, 0.15) is 0 Å². The van der Waals surface area contributed by atoms with Crippen molar-refractivity contribution in [3.05, 3.63) is 0 Å². The Labute approximate surface area is 95.4 Å². The summed E-state index contributed by atoms with van der Waals surface area (Å²) < 4.78 is 0. The number of likely N-dealkylation sites (tertiary alicyclic amines) is 1. The predicted octanol–water partition coefficient (Wildman–Crippen LogP) is 2.49. The molecule has 1 heterocycles. The lowest BCUT2D eigenvalue weighted by atomic mass is 9.99. The first-order valence-corrected chi connectivity index (χ1v) is 6.45. The zero-order valence-corrected chi connectivity index (χ0v) is 11.1. The molecule has 0 aliphatic carbocycles. The molecule has 1 fully saturated rings. The average molecular weight is 212 g/mol. The fourth-order valence-corrected chi connectivity index (χ4v) is 2.85. The minimum Gasteiger partial charge on any atom is -0.311 e. The van der Waals surface area contributed by atoms with E-state index in [2.05, 4.69) is 44.8 Å². The molecule has 0 saturated carbocycles. The predicted molar refractivity (Wildman–Crippen MR) is 67.2 cm³/mol. The van der Waals surface area contributed by atoms with Crippen LogP contribution in [0.3, 0.4) is 0 Å². The van der Waals surface area contributed by atoms with E-state index in [1.54, 1.807) is 0 Å². The Balaban J connectivity index is 2.49. The maximum absolute atomic E-state index is 3.57. The molecule has 0 amide bonds. The highest BCUT2D eigenvalue weighted by molar-refractivity contribution is 4.88.